The van der Waals surface area contributed by atoms with Gasteiger partial charge in [-0.05, 0) is 25.7 Å². The molecular weight excluding hydrogens is 228 g/mol. The highest BCUT2D eigenvalue weighted by Crippen LogP contribution is 2.53. The predicted octanol–water partition coefficient (Wildman–Crippen LogP) is 3.23. The van der Waals surface area contributed by atoms with Crippen molar-refractivity contribution in [1.29, 1.82) is 0 Å². The zero-order valence-corrected chi connectivity index (χ0v) is 11.2. The lowest BCUT2D eigenvalue weighted by atomic mass is 9.70. The van der Waals surface area contributed by atoms with Crippen LogP contribution in [0.2, 0.25) is 0 Å². The molecule has 0 amide bonds. The maximum Gasteiger partial charge on any atom is 0.286 e. The van der Waals surface area contributed by atoms with E-state index in [4.69, 9.17) is 14.2 Å². The topological polar surface area (TPSA) is 27.7 Å². The molecular formula is C15H24O3. The van der Waals surface area contributed by atoms with Gasteiger partial charge in [-0.1, -0.05) is 32.1 Å². The summed E-state index contributed by atoms with van der Waals surface area (Å²) in [5, 5.41) is 0. The Morgan fingerprint density at radius 2 is 1.50 bits per heavy atom. The number of rotatable bonds is 1. The van der Waals surface area contributed by atoms with Crippen molar-refractivity contribution in [3.05, 3.63) is 0 Å². The van der Waals surface area contributed by atoms with Crippen molar-refractivity contribution in [1.82, 2.24) is 0 Å². The first kappa shape index (κ1) is 11.7. The molecule has 1 spiro atoms. The van der Waals surface area contributed by atoms with E-state index in [1.54, 1.807) is 0 Å². The Bertz CT molecular complexity index is 311. The van der Waals surface area contributed by atoms with Gasteiger partial charge in [-0.25, -0.2) is 0 Å². The van der Waals surface area contributed by atoms with Crippen LogP contribution in [-0.2, 0) is 14.2 Å². The molecule has 3 nitrogen and oxygen atoms in total. The lowest BCUT2D eigenvalue weighted by Gasteiger charge is -2.60. The smallest absolute Gasteiger partial charge is 0.286 e. The van der Waals surface area contributed by atoms with Crippen LogP contribution in [0.3, 0.4) is 0 Å². The predicted molar refractivity (Wildman–Crippen MR) is 67.0 cm³/mol. The molecule has 5 aliphatic rings. The molecule has 102 valence electrons. The molecule has 3 heterocycles. The molecule has 18 heavy (non-hydrogen) atoms. The van der Waals surface area contributed by atoms with Crippen molar-refractivity contribution in [2.45, 2.75) is 69.9 Å². The minimum Gasteiger partial charge on any atom is -0.326 e. The second-order valence-electron chi connectivity index (χ2n) is 6.73. The molecule has 2 aliphatic carbocycles. The molecule has 0 N–H and O–H groups in total. The Labute approximate surface area is 109 Å². The minimum absolute atomic E-state index is 0.189. The van der Waals surface area contributed by atoms with Crippen molar-refractivity contribution >= 4 is 0 Å². The summed E-state index contributed by atoms with van der Waals surface area (Å²) in [4.78, 5) is 0. The molecule has 3 aliphatic heterocycles. The summed E-state index contributed by atoms with van der Waals surface area (Å²) in [5.74, 6) is -0.198. The third kappa shape index (κ3) is 1.60. The number of ether oxygens (including phenoxy) is 3. The van der Waals surface area contributed by atoms with E-state index in [0.29, 0.717) is 12.0 Å². The normalized spacial score (nSPS) is 49.0. The van der Waals surface area contributed by atoms with Gasteiger partial charge in [0, 0.05) is 11.3 Å². The second kappa shape index (κ2) is 4.19. The fourth-order valence-corrected chi connectivity index (χ4v) is 4.41. The average molecular weight is 252 g/mol. The largest absolute Gasteiger partial charge is 0.326 e. The minimum atomic E-state index is -0.663. The van der Waals surface area contributed by atoms with Gasteiger partial charge in [0.05, 0.1) is 19.3 Å². The molecule has 1 atom stereocenters. The van der Waals surface area contributed by atoms with Gasteiger partial charge < -0.3 is 14.2 Å². The molecule has 2 bridgehead atoms. The zero-order chi connectivity index (χ0) is 12.1. The fraction of sp³-hybridized carbons (Fsp3) is 1.00. The molecule has 5 fully saturated rings. The van der Waals surface area contributed by atoms with Crippen molar-refractivity contribution in [3.63, 3.8) is 0 Å². The first-order valence-corrected chi connectivity index (χ1v) is 7.79. The van der Waals surface area contributed by atoms with E-state index in [1.165, 1.54) is 57.8 Å². The molecule has 0 aromatic rings. The number of fused-ring (bicyclic) bond motifs is 2. The van der Waals surface area contributed by atoms with Gasteiger partial charge in [0.15, 0.2) is 0 Å². The molecule has 5 rings (SSSR count). The van der Waals surface area contributed by atoms with Gasteiger partial charge in [-0.15, -0.1) is 0 Å². The van der Waals surface area contributed by atoms with Gasteiger partial charge in [0.2, 0.25) is 0 Å². The summed E-state index contributed by atoms with van der Waals surface area (Å²) in [7, 11) is 0. The molecule has 0 aromatic carbocycles. The number of hydrogen-bond acceptors (Lipinski definition) is 3. The van der Waals surface area contributed by atoms with Crippen LogP contribution in [0, 0.1) is 11.3 Å². The van der Waals surface area contributed by atoms with Crippen molar-refractivity contribution in [2.75, 3.05) is 13.2 Å². The molecule has 2 saturated carbocycles. The van der Waals surface area contributed by atoms with E-state index in [9.17, 15) is 0 Å². The summed E-state index contributed by atoms with van der Waals surface area (Å²) in [6.45, 7) is 1.74. The molecule has 1 unspecified atom stereocenters. The van der Waals surface area contributed by atoms with Crippen molar-refractivity contribution in [2.24, 2.45) is 11.3 Å². The van der Waals surface area contributed by atoms with Crippen LogP contribution >= 0.6 is 0 Å². The fourth-order valence-electron chi connectivity index (χ4n) is 4.41. The lowest BCUT2D eigenvalue weighted by Crippen LogP contribution is -2.67. The molecule has 3 heteroatoms. The van der Waals surface area contributed by atoms with Crippen LogP contribution in [0.25, 0.3) is 0 Å². The highest BCUT2D eigenvalue weighted by atomic mass is 16.9. The third-order valence-electron chi connectivity index (χ3n) is 5.61. The van der Waals surface area contributed by atoms with E-state index in [-0.39, 0.29) is 5.41 Å². The quantitative estimate of drug-likeness (QED) is 0.717. The summed E-state index contributed by atoms with van der Waals surface area (Å²) < 4.78 is 18.6. The van der Waals surface area contributed by atoms with E-state index in [0.717, 1.165) is 13.2 Å². The van der Waals surface area contributed by atoms with Crippen LogP contribution in [0.5, 0.6) is 0 Å². The van der Waals surface area contributed by atoms with Crippen LogP contribution in [0.15, 0.2) is 0 Å². The average Bonchev–Trinajstić information content (AvgIpc) is 2.48. The Hall–Kier alpha value is -0.120. The lowest BCUT2D eigenvalue weighted by molar-refractivity contribution is -0.510. The van der Waals surface area contributed by atoms with E-state index >= 15 is 0 Å². The molecule has 0 radical (unpaired) electrons. The molecule has 3 saturated heterocycles. The van der Waals surface area contributed by atoms with Crippen LogP contribution in [0.1, 0.15) is 57.8 Å². The Morgan fingerprint density at radius 1 is 0.778 bits per heavy atom. The highest BCUT2D eigenvalue weighted by molar-refractivity contribution is 4.99. The van der Waals surface area contributed by atoms with Gasteiger partial charge >= 0.3 is 0 Å². The van der Waals surface area contributed by atoms with Crippen molar-refractivity contribution < 1.29 is 14.2 Å². The summed E-state index contributed by atoms with van der Waals surface area (Å²) in [6.07, 6.45) is 11.8. The SMILES string of the molecule is C1CCC(C23OCC4(CCCCC4O2)CO3)CC1. The monoisotopic (exact) mass is 252 g/mol. The Kier molecular flexibility index (Phi) is 2.72. The van der Waals surface area contributed by atoms with Gasteiger partial charge in [0.25, 0.3) is 5.97 Å². The van der Waals surface area contributed by atoms with Crippen LogP contribution in [-0.4, -0.2) is 25.3 Å². The van der Waals surface area contributed by atoms with Gasteiger partial charge in [-0.3, -0.25) is 0 Å². The highest BCUT2D eigenvalue weighted by Gasteiger charge is 2.61. The van der Waals surface area contributed by atoms with E-state index < -0.39 is 5.97 Å². The van der Waals surface area contributed by atoms with Gasteiger partial charge in [0.1, 0.15) is 0 Å². The Morgan fingerprint density at radius 3 is 2.28 bits per heavy atom. The van der Waals surface area contributed by atoms with Crippen LogP contribution < -0.4 is 0 Å². The number of hydrogen-bond donors (Lipinski definition) is 0. The van der Waals surface area contributed by atoms with Crippen LogP contribution in [0.4, 0.5) is 0 Å². The summed E-state index contributed by atoms with van der Waals surface area (Å²) in [5.41, 5.74) is 0.189. The molecule has 0 aromatic heterocycles. The van der Waals surface area contributed by atoms with E-state index in [2.05, 4.69) is 0 Å². The summed E-state index contributed by atoms with van der Waals surface area (Å²) in [6, 6.07) is 0. The zero-order valence-electron chi connectivity index (χ0n) is 11.2. The standard InChI is InChI=1S/C15H24O3/c1-2-6-12(7-3-1)15-16-10-14(11-17-15)9-5-4-8-13(14)18-15/h12-13H,1-11H2. The maximum absolute atomic E-state index is 6.36. The maximum atomic E-state index is 6.36. The second-order valence-corrected chi connectivity index (χ2v) is 6.73. The Balaban J connectivity index is 1.57. The first-order chi connectivity index (χ1) is 8.83. The first-order valence-electron chi connectivity index (χ1n) is 7.79. The third-order valence-corrected chi connectivity index (χ3v) is 5.61. The summed E-state index contributed by atoms with van der Waals surface area (Å²) >= 11 is 0. The van der Waals surface area contributed by atoms with Crippen molar-refractivity contribution in [3.8, 4) is 0 Å². The van der Waals surface area contributed by atoms with E-state index in [1.807, 2.05) is 0 Å². The van der Waals surface area contributed by atoms with Gasteiger partial charge in [-0.2, -0.15) is 0 Å².